The number of rotatable bonds is 4. The van der Waals surface area contributed by atoms with Gasteiger partial charge in [-0.05, 0) is 29.6 Å². The molecule has 1 atom stereocenters. The lowest BCUT2D eigenvalue weighted by atomic mass is 9.70. The summed E-state index contributed by atoms with van der Waals surface area (Å²) in [6, 6.07) is 0. The molecule has 0 spiro atoms. The SMILES string of the molecule is CC.CCCC(C)(C)C(C)CC(C)(C)C. The van der Waals surface area contributed by atoms with E-state index in [0.717, 1.165) is 5.92 Å². The second-order valence-electron chi connectivity index (χ2n) is 6.40. The lowest BCUT2D eigenvalue weighted by molar-refractivity contribution is 0.151. The van der Waals surface area contributed by atoms with Crippen LogP contribution in [-0.4, -0.2) is 0 Å². The van der Waals surface area contributed by atoms with Crippen LogP contribution in [0.1, 0.15) is 81.6 Å². The average Bonchev–Trinajstić information content (AvgIpc) is 2.04. The Hall–Kier alpha value is 0. The minimum atomic E-state index is 0.477. The van der Waals surface area contributed by atoms with Gasteiger partial charge in [-0.15, -0.1) is 0 Å². The normalized spacial score (nSPS) is 14.2. The van der Waals surface area contributed by atoms with E-state index in [1.54, 1.807) is 0 Å². The molecule has 0 amide bonds. The Bertz CT molecular complexity index is 137. The Morgan fingerprint density at radius 1 is 0.933 bits per heavy atom. The zero-order valence-electron chi connectivity index (χ0n) is 12.7. The van der Waals surface area contributed by atoms with Gasteiger partial charge in [0.1, 0.15) is 0 Å². The average molecular weight is 214 g/mol. The zero-order valence-corrected chi connectivity index (χ0v) is 12.7. The molecular formula is C15H34. The molecule has 0 aliphatic rings. The van der Waals surface area contributed by atoms with Crippen molar-refractivity contribution in [1.29, 1.82) is 0 Å². The lowest BCUT2D eigenvalue weighted by Gasteiger charge is -2.36. The van der Waals surface area contributed by atoms with E-state index in [1.807, 2.05) is 13.8 Å². The van der Waals surface area contributed by atoms with Crippen molar-refractivity contribution in [3.63, 3.8) is 0 Å². The zero-order chi connectivity index (χ0) is 12.7. The third-order valence-corrected chi connectivity index (χ3v) is 3.15. The first-order chi connectivity index (χ1) is 6.69. The van der Waals surface area contributed by atoms with E-state index in [2.05, 4.69) is 48.5 Å². The van der Waals surface area contributed by atoms with Crippen molar-refractivity contribution in [2.75, 3.05) is 0 Å². The maximum atomic E-state index is 2.41. The molecule has 0 bridgehead atoms. The predicted molar refractivity (Wildman–Crippen MR) is 73.3 cm³/mol. The van der Waals surface area contributed by atoms with Gasteiger partial charge in [-0.25, -0.2) is 0 Å². The van der Waals surface area contributed by atoms with Crippen LogP contribution >= 0.6 is 0 Å². The smallest absolute Gasteiger partial charge is 0.0328 e. The van der Waals surface area contributed by atoms with Gasteiger partial charge in [0.05, 0.1) is 0 Å². The molecule has 0 aromatic rings. The topological polar surface area (TPSA) is 0 Å². The molecule has 0 heteroatoms. The minimum Gasteiger partial charge on any atom is -0.0683 e. The molecule has 15 heavy (non-hydrogen) atoms. The van der Waals surface area contributed by atoms with Gasteiger partial charge in [0.25, 0.3) is 0 Å². The Morgan fingerprint density at radius 3 is 1.60 bits per heavy atom. The molecule has 1 unspecified atom stereocenters. The van der Waals surface area contributed by atoms with Gasteiger partial charge in [0.2, 0.25) is 0 Å². The second-order valence-corrected chi connectivity index (χ2v) is 6.40. The Kier molecular flexibility index (Phi) is 8.47. The molecule has 0 fully saturated rings. The maximum absolute atomic E-state index is 2.41. The first-order valence-corrected chi connectivity index (χ1v) is 6.69. The molecule has 0 saturated carbocycles. The van der Waals surface area contributed by atoms with Crippen LogP contribution in [0.2, 0.25) is 0 Å². The van der Waals surface area contributed by atoms with E-state index in [9.17, 15) is 0 Å². The van der Waals surface area contributed by atoms with Crippen LogP contribution in [0.25, 0.3) is 0 Å². The summed E-state index contributed by atoms with van der Waals surface area (Å²) in [5.41, 5.74) is 0.993. The highest BCUT2D eigenvalue weighted by Gasteiger charge is 2.28. The molecule has 0 nitrogen and oxygen atoms in total. The highest BCUT2D eigenvalue weighted by Crippen LogP contribution is 2.38. The van der Waals surface area contributed by atoms with Crippen LogP contribution in [0.5, 0.6) is 0 Å². The van der Waals surface area contributed by atoms with Gasteiger partial charge in [-0.2, -0.15) is 0 Å². The fraction of sp³-hybridized carbons (Fsp3) is 1.00. The summed E-state index contributed by atoms with van der Waals surface area (Å²) in [5, 5.41) is 0. The van der Waals surface area contributed by atoms with E-state index in [-0.39, 0.29) is 0 Å². The van der Waals surface area contributed by atoms with Crippen molar-refractivity contribution < 1.29 is 0 Å². The summed E-state index contributed by atoms with van der Waals surface area (Å²) in [6.07, 6.45) is 3.99. The standard InChI is InChI=1S/C13H28.C2H6/c1-8-9-13(6,7)11(2)10-12(3,4)5;1-2/h11H,8-10H2,1-7H3;1-2H3. The van der Waals surface area contributed by atoms with E-state index >= 15 is 0 Å². The van der Waals surface area contributed by atoms with Crippen LogP contribution in [0, 0.1) is 16.7 Å². The summed E-state index contributed by atoms with van der Waals surface area (Å²) in [5.74, 6) is 0.826. The molecule has 0 rings (SSSR count). The van der Waals surface area contributed by atoms with Crippen LogP contribution in [-0.2, 0) is 0 Å². The van der Waals surface area contributed by atoms with Crippen molar-refractivity contribution in [2.24, 2.45) is 16.7 Å². The van der Waals surface area contributed by atoms with Crippen LogP contribution in [0.4, 0.5) is 0 Å². The van der Waals surface area contributed by atoms with Gasteiger partial charge >= 0.3 is 0 Å². The third kappa shape index (κ3) is 8.96. The Labute approximate surface area is 98.9 Å². The van der Waals surface area contributed by atoms with Crippen LogP contribution < -0.4 is 0 Å². The Morgan fingerprint density at radius 2 is 1.33 bits per heavy atom. The predicted octanol–water partition coefficient (Wildman–Crippen LogP) is 5.91. The molecule has 0 heterocycles. The van der Waals surface area contributed by atoms with Gasteiger partial charge in [0.15, 0.2) is 0 Å². The molecule has 0 aliphatic heterocycles. The fourth-order valence-electron chi connectivity index (χ4n) is 2.09. The highest BCUT2D eigenvalue weighted by molar-refractivity contribution is 4.78. The first kappa shape index (κ1) is 17.4. The second kappa shape index (κ2) is 7.30. The number of hydrogen-bond acceptors (Lipinski definition) is 0. The van der Waals surface area contributed by atoms with Gasteiger partial charge in [-0.3, -0.25) is 0 Å². The lowest BCUT2D eigenvalue weighted by Crippen LogP contribution is -2.25. The van der Waals surface area contributed by atoms with E-state index in [1.165, 1.54) is 19.3 Å². The minimum absolute atomic E-state index is 0.477. The maximum Gasteiger partial charge on any atom is -0.0328 e. The Balaban J connectivity index is 0. The van der Waals surface area contributed by atoms with Gasteiger partial charge in [0, 0.05) is 0 Å². The van der Waals surface area contributed by atoms with Gasteiger partial charge in [-0.1, -0.05) is 68.7 Å². The molecule has 0 saturated heterocycles. The van der Waals surface area contributed by atoms with Crippen molar-refractivity contribution in [1.82, 2.24) is 0 Å². The van der Waals surface area contributed by atoms with Crippen LogP contribution in [0.3, 0.4) is 0 Å². The van der Waals surface area contributed by atoms with Crippen LogP contribution in [0.15, 0.2) is 0 Å². The summed E-state index contributed by atoms with van der Waals surface area (Å²) in [4.78, 5) is 0. The molecule has 0 aromatic carbocycles. The molecule has 0 N–H and O–H groups in total. The van der Waals surface area contributed by atoms with Gasteiger partial charge < -0.3 is 0 Å². The molecule has 0 aliphatic carbocycles. The van der Waals surface area contributed by atoms with Crippen molar-refractivity contribution in [2.45, 2.75) is 81.6 Å². The number of hydrogen-bond donors (Lipinski definition) is 0. The van der Waals surface area contributed by atoms with Crippen molar-refractivity contribution in [3.8, 4) is 0 Å². The van der Waals surface area contributed by atoms with E-state index in [0.29, 0.717) is 10.8 Å². The quantitative estimate of drug-likeness (QED) is 0.545. The fourth-order valence-corrected chi connectivity index (χ4v) is 2.09. The first-order valence-electron chi connectivity index (χ1n) is 6.69. The largest absolute Gasteiger partial charge is 0.0683 e. The van der Waals surface area contributed by atoms with Crippen molar-refractivity contribution >= 4 is 0 Å². The summed E-state index contributed by atoms with van der Waals surface area (Å²) >= 11 is 0. The molecule has 0 aromatic heterocycles. The molecular weight excluding hydrogens is 180 g/mol. The van der Waals surface area contributed by atoms with E-state index in [4.69, 9.17) is 0 Å². The van der Waals surface area contributed by atoms with Crippen molar-refractivity contribution in [3.05, 3.63) is 0 Å². The summed E-state index contributed by atoms with van der Waals surface area (Å²) in [7, 11) is 0. The van der Waals surface area contributed by atoms with E-state index < -0.39 is 0 Å². The summed E-state index contributed by atoms with van der Waals surface area (Å²) in [6.45, 7) is 20.5. The summed E-state index contributed by atoms with van der Waals surface area (Å²) < 4.78 is 0. The third-order valence-electron chi connectivity index (χ3n) is 3.15. The molecule has 94 valence electrons. The highest BCUT2D eigenvalue weighted by atomic mass is 14.3. The molecule has 0 radical (unpaired) electrons. The monoisotopic (exact) mass is 214 g/mol.